The van der Waals surface area contributed by atoms with Crippen molar-refractivity contribution in [3.63, 3.8) is 0 Å². The number of aromatic nitrogens is 3. The molecule has 0 amide bonds. The van der Waals surface area contributed by atoms with Crippen LogP contribution in [0.25, 0.3) is 32.7 Å². The maximum absolute atomic E-state index is 14.5. The zero-order valence-corrected chi connectivity index (χ0v) is 59.4. The summed E-state index contributed by atoms with van der Waals surface area (Å²) in [6, 6.07) is 28.9. The number of fused-ring (bicyclic) bond motifs is 3. The van der Waals surface area contributed by atoms with Gasteiger partial charge in [-0.3, -0.25) is 24.0 Å². The topological polar surface area (TPSA) is 230 Å². The molecule has 0 bridgehead atoms. The van der Waals surface area contributed by atoms with Gasteiger partial charge in [-0.1, -0.05) is 36.4 Å². The highest BCUT2D eigenvalue weighted by Crippen LogP contribution is 2.64. The third-order valence-electron chi connectivity index (χ3n) is 21.7. The van der Waals surface area contributed by atoms with Crippen molar-refractivity contribution in [1.82, 2.24) is 13.7 Å². The second-order valence-corrected chi connectivity index (χ2v) is 29.5. The first-order valence-electron chi connectivity index (χ1n) is 34.8. The first-order valence-corrected chi connectivity index (χ1v) is 34.8. The van der Waals surface area contributed by atoms with E-state index in [0.29, 0.717) is 86.8 Å². The van der Waals surface area contributed by atoms with E-state index in [1.165, 1.54) is 122 Å². The van der Waals surface area contributed by atoms with E-state index in [9.17, 15) is 86.6 Å². The van der Waals surface area contributed by atoms with Crippen LogP contribution in [-0.4, -0.2) is 98.7 Å². The lowest BCUT2D eigenvalue weighted by molar-refractivity contribution is -0.275. The molecule has 0 unspecified atom stereocenters. The quantitative estimate of drug-likeness (QED) is 0.0389. The van der Waals surface area contributed by atoms with Crippen LogP contribution in [-0.2, 0) is 43.5 Å². The summed E-state index contributed by atoms with van der Waals surface area (Å²) in [6.45, 7) is 0.656. The molecule has 30 heteroatoms. The lowest BCUT2D eigenvalue weighted by atomic mass is 9.47. The number of carbonyl (C=O) groups is 6. The molecule has 15 rings (SSSR count). The number of aromatic carboxylic acids is 1. The summed E-state index contributed by atoms with van der Waals surface area (Å²) < 4.78 is 180. The molecule has 109 heavy (non-hydrogen) atoms. The molecule has 3 heterocycles. The van der Waals surface area contributed by atoms with Crippen LogP contribution in [0.15, 0.2) is 146 Å². The molecule has 0 radical (unpaired) electrons. The second-order valence-electron chi connectivity index (χ2n) is 29.5. The van der Waals surface area contributed by atoms with Gasteiger partial charge in [0.2, 0.25) is 0 Å². The van der Waals surface area contributed by atoms with Gasteiger partial charge in [0, 0.05) is 84.4 Å². The number of carbonyl (C=O) groups excluding carboxylic acids is 4. The Balaban J connectivity index is 0.000000152. The van der Waals surface area contributed by atoms with Gasteiger partial charge >= 0.3 is 43.0 Å². The normalized spacial score (nSPS) is 22.9. The number of aliphatic carboxylic acids is 1. The Kier molecular flexibility index (Phi) is 23.1. The molecule has 6 fully saturated rings. The van der Waals surface area contributed by atoms with E-state index in [0.717, 1.165) is 82.4 Å². The summed E-state index contributed by atoms with van der Waals surface area (Å²) in [5.41, 5.74) is 10.2. The monoisotopic (exact) mass is 1550 g/mol. The number of benzene rings is 6. The zero-order chi connectivity index (χ0) is 77.6. The number of carboxylic acids is 2. The Bertz CT molecular complexity index is 4840. The van der Waals surface area contributed by atoms with Gasteiger partial charge in [-0.15, -0.1) is 51.9 Å². The predicted octanol–water partition coefficient (Wildman–Crippen LogP) is 18.0. The first-order chi connectivity index (χ1) is 51.0. The Morgan fingerprint density at radius 1 is 0.413 bits per heavy atom. The van der Waals surface area contributed by atoms with Crippen LogP contribution in [0, 0.1) is 63.3 Å². The summed E-state index contributed by atoms with van der Waals surface area (Å²) in [5, 5.41) is 19.2. The van der Waals surface area contributed by atoms with Crippen LogP contribution in [0.4, 0.5) is 52.7 Å². The molecule has 9 aromatic rings. The van der Waals surface area contributed by atoms with Crippen molar-refractivity contribution in [3.05, 3.63) is 197 Å². The summed E-state index contributed by atoms with van der Waals surface area (Å²) in [4.78, 5) is 71.6. The molecule has 3 spiro atoms. The molecular weight excluding hydrogens is 1480 g/mol. The molecule has 6 aromatic carbocycles. The average Bonchev–Trinajstić information content (AvgIpc) is 1.68. The van der Waals surface area contributed by atoms with Crippen LogP contribution in [0.5, 0.6) is 17.2 Å². The lowest BCUT2D eigenvalue weighted by Crippen LogP contribution is -2.54. The standard InChI is InChI=1S/C27H25F4NO4.C26H23F4NO4.C17H11F4NO3.C9H15NO2.ClH/c1-35-25(34)18-13-26(14-18)11-17(12-26)10-23(33)21-6-7-22(28)20-8-9-32(24(20)21)15-16-2-4-19(5-3-16)36-27(29,30)31;27-21-6-5-20(22(32)9-16-10-25(11-16)12-17(13-25)24(33)34)23-19(21)7-8-31(23)14-15-1-3-18(4-2-15)35-26(28,29)30;18-14-6-5-13(16(23)24)15-12(14)7-8-22(15)9-10-1-3-11(4-2-10)25-17(19,20)21;1-12-8(11)6-2-9(3-6)4-7(10)5-9;/h2-9,17-18H,10-15H2,1H3;1-8,16-17H,9-14H2,(H,33,34);1-8H,9H2,(H,23,24);6-7H,2-5,10H2,1H3;1H. The zero-order valence-electron chi connectivity index (χ0n) is 58.6. The first kappa shape index (κ1) is 80.0. The number of nitrogens with two attached hydrogens (primary N) is 1. The molecule has 4 N–H and O–H groups in total. The van der Waals surface area contributed by atoms with Gasteiger partial charge in [0.05, 0.1) is 54.1 Å². The third kappa shape index (κ3) is 18.5. The molecule has 6 saturated carbocycles. The highest BCUT2D eigenvalue weighted by atomic mass is 35.5. The van der Waals surface area contributed by atoms with Crippen LogP contribution in [0.2, 0.25) is 0 Å². The fourth-order valence-electron chi connectivity index (χ4n) is 17.1. The van der Waals surface area contributed by atoms with E-state index in [1.807, 2.05) is 0 Å². The van der Waals surface area contributed by atoms with Crippen LogP contribution in [0.3, 0.4) is 0 Å². The molecule has 6 aliphatic rings. The van der Waals surface area contributed by atoms with Gasteiger partial charge in [0.1, 0.15) is 34.7 Å². The smallest absolute Gasteiger partial charge is 0.481 e. The van der Waals surface area contributed by atoms with Crippen molar-refractivity contribution < 1.29 is 115 Å². The maximum atomic E-state index is 14.5. The maximum Gasteiger partial charge on any atom is 0.573 e. The number of hydrogen-bond acceptors (Lipinski definition) is 12. The minimum absolute atomic E-state index is 0. The number of methoxy groups -OCH3 is 2. The molecular formula is C79H75ClF12N4O13. The van der Waals surface area contributed by atoms with Crippen molar-refractivity contribution >= 4 is 80.6 Å². The highest BCUT2D eigenvalue weighted by molar-refractivity contribution is 6.08. The van der Waals surface area contributed by atoms with Crippen molar-refractivity contribution in [2.75, 3.05) is 14.2 Å². The van der Waals surface area contributed by atoms with Gasteiger partial charge < -0.3 is 53.3 Å². The molecule has 0 aliphatic heterocycles. The van der Waals surface area contributed by atoms with Crippen LogP contribution < -0.4 is 19.9 Å². The Morgan fingerprint density at radius 2 is 0.697 bits per heavy atom. The van der Waals surface area contributed by atoms with E-state index in [1.54, 1.807) is 33.7 Å². The van der Waals surface area contributed by atoms with Crippen molar-refractivity contribution in [2.45, 2.75) is 135 Å². The fraction of sp³-hybridized carbons (Fsp3) is 0.392. The number of rotatable bonds is 19. The number of Topliss-reactive ketones (excluding diaryl/α,β-unsaturated/α-hetero) is 2. The third-order valence-corrected chi connectivity index (χ3v) is 21.7. The minimum atomic E-state index is -4.78. The van der Waals surface area contributed by atoms with Gasteiger partial charge in [-0.2, -0.15) is 0 Å². The fourth-order valence-corrected chi connectivity index (χ4v) is 17.1. The van der Waals surface area contributed by atoms with E-state index in [2.05, 4.69) is 18.9 Å². The van der Waals surface area contributed by atoms with Gasteiger partial charge in [-0.25, -0.2) is 18.0 Å². The van der Waals surface area contributed by atoms with E-state index in [4.69, 9.17) is 15.6 Å². The average molecular weight is 1550 g/mol. The number of ketones is 2. The number of ether oxygens (including phenoxy) is 5. The van der Waals surface area contributed by atoms with E-state index in [-0.39, 0.29) is 130 Å². The van der Waals surface area contributed by atoms with Crippen LogP contribution >= 0.6 is 12.4 Å². The second kappa shape index (κ2) is 31.5. The predicted molar refractivity (Wildman–Crippen MR) is 374 cm³/mol. The van der Waals surface area contributed by atoms with Gasteiger partial charge in [-0.05, 0) is 213 Å². The summed E-state index contributed by atoms with van der Waals surface area (Å²) in [7, 11) is 2.85. The number of alkyl halides is 9. The number of nitrogens with zero attached hydrogens (tertiary/aromatic N) is 3. The summed E-state index contributed by atoms with van der Waals surface area (Å²) in [5.74, 6) is -4.54. The molecule has 6 aliphatic carbocycles. The minimum Gasteiger partial charge on any atom is -0.481 e. The molecule has 0 saturated heterocycles. The molecule has 0 atom stereocenters. The summed E-state index contributed by atoms with van der Waals surface area (Å²) >= 11 is 0. The summed E-state index contributed by atoms with van der Waals surface area (Å²) in [6.07, 6.45) is 1.84. The van der Waals surface area contributed by atoms with Gasteiger partial charge in [0.15, 0.2) is 11.6 Å². The Morgan fingerprint density at radius 3 is 0.972 bits per heavy atom. The van der Waals surface area contributed by atoms with E-state index < -0.39 is 48.5 Å². The Hall–Kier alpha value is -10.0. The number of esters is 2. The number of carboxylic acid groups (broad SMARTS) is 2. The molecule has 17 nitrogen and oxygen atoms in total. The van der Waals surface area contributed by atoms with E-state index >= 15 is 0 Å². The van der Waals surface area contributed by atoms with Crippen molar-refractivity contribution in [2.24, 2.45) is 51.6 Å². The molecule has 580 valence electrons. The van der Waals surface area contributed by atoms with Crippen molar-refractivity contribution in [3.8, 4) is 17.2 Å². The largest absolute Gasteiger partial charge is 0.573 e. The van der Waals surface area contributed by atoms with Crippen LogP contribution in [0.1, 0.15) is 138 Å². The number of hydrogen-bond donors (Lipinski definition) is 3. The number of halogens is 13. The van der Waals surface area contributed by atoms with Crippen molar-refractivity contribution in [1.29, 1.82) is 0 Å². The van der Waals surface area contributed by atoms with Gasteiger partial charge in [0.25, 0.3) is 0 Å². The SMILES string of the molecule is COC(=O)C1CC2(CC(CC(=O)c3ccc(F)c4ccn(Cc5ccc(OC(F)(F)F)cc5)c34)C2)C1.COC(=O)C1CC2(CC(N)C2)C1.Cl.O=C(CC1CC2(C1)CC(C(=O)O)C2)c1ccc(F)c2ccn(Cc3ccc(OC(F)(F)F)cc3)c12.O=C(O)c1ccc(F)c2ccn(Cc3ccc(OC(F)(F)F)cc3)c12. The highest BCUT2D eigenvalue weighted by Gasteiger charge is 2.57. The molecule has 3 aromatic heterocycles. The Labute approximate surface area is 621 Å². The lowest BCUT2D eigenvalue weighted by Gasteiger charge is -2.57.